The van der Waals surface area contributed by atoms with Crippen LogP contribution in [0.4, 0.5) is 0 Å². The van der Waals surface area contributed by atoms with E-state index < -0.39 is 12.1 Å². The number of esters is 1. The van der Waals surface area contributed by atoms with E-state index in [-0.39, 0.29) is 18.5 Å². The van der Waals surface area contributed by atoms with E-state index in [0.717, 1.165) is 51.4 Å². The summed E-state index contributed by atoms with van der Waals surface area (Å²) in [4.78, 5) is 24.5. The molecule has 0 spiro atoms. The third-order valence-corrected chi connectivity index (χ3v) is 16.4. The fraction of sp³-hybridized carbons (Fsp3) is 0.889. The van der Waals surface area contributed by atoms with Crippen LogP contribution in [0.3, 0.4) is 0 Å². The molecule has 460 valence electrons. The molecule has 0 aromatic heterocycles. The molecule has 0 aromatic carbocycles. The van der Waals surface area contributed by atoms with Gasteiger partial charge in [-0.1, -0.05) is 326 Å². The van der Waals surface area contributed by atoms with Crippen molar-refractivity contribution in [2.24, 2.45) is 0 Å². The topological polar surface area (TPSA) is 95.9 Å². The van der Waals surface area contributed by atoms with Gasteiger partial charge in [0.15, 0.2) is 0 Å². The highest BCUT2D eigenvalue weighted by molar-refractivity contribution is 5.76. The summed E-state index contributed by atoms with van der Waals surface area (Å²) in [6.07, 6.45) is 86.4. The lowest BCUT2D eigenvalue weighted by Gasteiger charge is -2.22. The van der Waals surface area contributed by atoms with Crippen molar-refractivity contribution < 1.29 is 24.5 Å². The summed E-state index contributed by atoms with van der Waals surface area (Å²) >= 11 is 0. The summed E-state index contributed by atoms with van der Waals surface area (Å²) in [6.45, 7) is 4.96. The first-order valence-corrected chi connectivity index (χ1v) is 35.2. The summed E-state index contributed by atoms with van der Waals surface area (Å²) < 4.78 is 5.50. The van der Waals surface area contributed by atoms with Gasteiger partial charge < -0.3 is 20.3 Å². The first-order chi connectivity index (χ1) is 38.5. The lowest BCUT2D eigenvalue weighted by molar-refractivity contribution is -0.143. The summed E-state index contributed by atoms with van der Waals surface area (Å²) in [6, 6.07) is -0.538. The smallest absolute Gasteiger partial charge is 0.305 e. The summed E-state index contributed by atoms with van der Waals surface area (Å²) in [5.41, 5.74) is 0. The molecule has 0 saturated heterocycles. The average Bonchev–Trinajstić information content (AvgIpc) is 3.44. The zero-order valence-electron chi connectivity index (χ0n) is 52.7. The number of aliphatic hydroxyl groups is 2. The fourth-order valence-electron chi connectivity index (χ4n) is 11.0. The highest BCUT2D eigenvalue weighted by Gasteiger charge is 2.20. The van der Waals surface area contributed by atoms with Crippen molar-refractivity contribution in [2.45, 2.75) is 398 Å². The van der Waals surface area contributed by atoms with E-state index in [9.17, 15) is 19.8 Å². The van der Waals surface area contributed by atoms with Crippen LogP contribution >= 0.6 is 0 Å². The van der Waals surface area contributed by atoms with E-state index in [1.54, 1.807) is 0 Å². The monoisotopic (exact) mass is 1100 g/mol. The Morgan fingerprint density at radius 3 is 0.987 bits per heavy atom. The van der Waals surface area contributed by atoms with Gasteiger partial charge in [0.25, 0.3) is 0 Å². The maximum atomic E-state index is 12.4. The molecule has 2 atom stereocenters. The van der Waals surface area contributed by atoms with E-state index in [4.69, 9.17) is 4.74 Å². The van der Waals surface area contributed by atoms with Crippen LogP contribution in [0.1, 0.15) is 386 Å². The molecule has 6 heteroatoms. The van der Waals surface area contributed by atoms with Gasteiger partial charge in [-0.05, 0) is 83.5 Å². The van der Waals surface area contributed by atoms with Crippen molar-refractivity contribution in [3.63, 3.8) is 0 Å². The summed E-state index contributed by atoms with van der Waals surface area (Å²) in [7, 11) is 0. The number of hydrogen-bond acceptors (Lipinski definition) is 5. The number of carbonyl (C=O) groups excluding carboxylic acids is 2. The van der Waals surface area contributed by atoms with E-state index in [1.807, 2.05) is 0 Å². The molecule has 2 unspecified atom stereocenters. The molecule has 0 bridgehead atoms. The zero-order chi connectivity index (χ0) is 56.4. The minimum Gasteiger partial charge on any atom is -0.466 e. The van der Waals surface area contributed by atoms with Crippen molar-refractivity contribution in [3.05, 3.63) is 36.5 Å². The van der Waals surface area contributed by atoms with Gasteiger partial charge in [-0.25, -0.2) is 0 Å². The van der Waals surface area contributed by atoms with Crippen molar-refractivity contribution in [3.8, 4) is 0 Å². The van der Waals surface area contributed by atoms with Gasteiger partial charge in [0.1, 0.15) is 0 Å². The summed E-state index contributed by atoms with van der Waals surface area (Å²) in [5, 5.41) is 23.2. The zero-order valence-corrected chi connectivity index (χ0v) is 52.7. The first-order valence-electron chi connectivity index (χ1n) is 35.2. The molecule has 0 aliphatic carbocycles. The Kier molecular flexibility index (Phi) is 65.9. The van der Waals surface area contributed by atoms with E-state index >= 15 is 0 Å². The Bertz CT molecular complexity index is 1260. The Morgan fingerprint density at radius 2 is 0.641 bits per heavy atom. The maximum Gasteiger partial charge on any atom is 0.305 e. The predicted molar refractivity (Wildman–Crippen MR) is 343 cm³/mol. The van der Waals surface area contributed by atoms with Crippen LogP contribution in [-0.4, -0.2) is 47.4 Å². The van der Waals surface area contributed by atoms with Crippen LogP contribution < -0.4 is 5.32 Å². The SMILES string of the molecule is CCCCCCCCC/C=C\CCCCCCCCCC(=O)OCCCCCCCCCCC/C=C\C/C=C\CCCCCCCCCCCCCCCCCCCC(=O)NC(CO)C(O)CCCCCCCCCCCC. The van der Waals surface area contributed by atoms with Gasteiger partial charge in [-0.15, -0.1) is 0 Å². The highest BCUT2D eigenvalue weighted by atomic mass is 16.5. The number of allylic oxidation sites excluding steroid dienone is 6. The highest BCUT2D eigenvalue weighted by Crippen LogP contribution is 2.18. The van der Waals surface area contributed by atoms with Crippen LogP contribution in [0, 0.1) is 0 Å². The van der Waals surface area contributed by atoms with E-state index in [2.05, 4.69) is 55.6 Å². The van der Waals surface area contributed by atoms with Crippen molar-refractivity contribution in [1.29, 1.82) is 0 Å². The molecule has 1 amide bonds. The van der Waals surface area contributed by atoms with Crippen molar-refractivity contribution in [1.82, 2.24) is 5.32 Å². The van der Waals surface area contributed by atoms with Gasteiger partial charge >= 0.3 is 5.97 Å². The van der Waals surface area contributed by atoms with Gasteiger partial charge in [-0.2, -0.15) is 0 Å². The molecule has 0 radical (unpaired) electrons. The number of ether oxygens (including phenoxy) is 1. The van der Waals surface area contributed by atoms with E-state index in [1.165, 1.54) is 302 Å². The largest absolute Gasteiger partial charge is 0.466 e. The molecule has 0 aromatic rings. The Morgan fingerprint density at radius 1 is 0.359 bits per heavy atom. The van der Waals surface area contributed by atoms with Crippen LogP contribution in [-0.2, 0) is 14.3 Å². The fourth-order valence-corrected chi connectivity index (χ4v) is 11.0. The molecule has 0 aliphatic heterocycles. The molecule has 6 nitrogen and oxygen atoms in total. The molecule has 0 saturated carbocycles. The van der Waals surface area contributed by atoms with Crippen molar-refractivity contribution in [2.75, 3.05) is 13.2 Å². The predicted octanol–water partition coefficient (Wildman–Crippen LogP) is 22.7. The van der Waals surface area contributed by atoms with Gasteiger partial charge in [0.05, 0.1) is 25.4 Å². The summed E-state index contributed by atoms with van der Waals surface area (Å²) in [5.74, 6) is -0.0218. The first kappa shape index (κ1) is 76.1. The molecule has 0 fully saturated rings. The molecule has 0 rings (SSSR count). The molecular formula is C72H137NO5. The normalized spacial score (nSPS) is 12.7. The number of unbranched alkanes of at least 4 members (excludes halogenated alkanes) is 49. The second kappa shape index (κ2) is 67.6. The molecule has 0 aliphatic rings. The molecule has 0 heterocycles. The van der Waals surface area contributed by atoms with Crippen LogP contribution in [0.15, 0.2) is 36.5 Å². The molecule has 3 N–H and O–H groups in total. The second-order valence-electron chi connectivity index (χ2n) is 24.2. The minimum atomic E-state index is -0.661. The quantitative estimate of drug-likeness (QED) is 0.0320. The van der Waals surface area contributed by atoms with Crippen molar-refractivity contribution >= 4 is 11.9 Å². The Balaban J connectivity index is 3.35. The maximum absolute atomic E-state index is 12.4. The Hall–Kier alpha value is -1.92. The van der Waals surface area contributed by atoms with Gasteiger partial charge in [-0.3, -0.25) is 9.59 Å². The van der Waals surface area contributed by atoms with Crippen LogP contribution in [0.2, 0.25) is 0 Å². The van der Waals surface area contributed by atoms with Gasteiger partial charge in [0.2, 0.25) is 5.91 Å². The lowest BCUT2D eigenvalue weighted by Crippen LogP contribution is -2.45. The molecular weight excluding hydrogens is 959 g/mol. The number of hydrogen-bond donors (Lipinski definition) is 3. The van der Waals surface area contributed by atoms with Crippen LogP contribution in [0.25, 0.3) is 0 Å². The second-order valence-corrected chi connectivity index (χ2v) is 24.2. The third kappa shape index (κ3) is 63.3. The minimum absolute atomic E-state index is 0.0116. The standard InChI is InChI=1S/C72H137NO5/c1-3-5-7-9-11-13-15-16-17-18-37-40-43-46-50-54-58-62-66-72(77)78-67-63-59-55-51-47-44-41-38-35-33-31-29-27-25-23-21-19-20-22-24-26-28-30-32-34-36-39-42-45-49-53-57-61-65-71(76)73-69(68-74)70(75)64-60-56-52-48-14-12-10-8-6-4-2/h17-18,23,25,29,31,69-70,74-75H,3-16,19-22,24,26-28,30,32-68H2,1-2H3,(H,73,76)/b18-17-,25-23-,31-29-. The third-order valence-electron chi connectivity index (χ3n) is 16.4. The average molecular weight is 1100 g/mol. The number of aliphatic hydroxyl groups excluding tert-OH is 2. The molecule has 78 heavy (non-hydrogen) atoms. The number of rotatable bonds is 66. The lowest BCUT2D eigenvalue weighted by atomic mass is 10.0. The van der Waals surface area contributed by atoms with Gasteiger partial charge in [0, 0.05) is 12.8 Å². The number of amides is 1. The van der Waals surface area contributed by atoms with Crippen LogP contribution in [0.5, 0.6) is 0 Å². The van der Waals surface area contributed by atoms with E-state index in [0.29, 0.717) is 25.9 Å². The number of nitrogens with one attached hydrogen (secondary N) is 1. The Labute approximate surface area is 487 Å². The number of carbonyl (C=O) groups is 2.